The lowest BCUT2D eigenvalue weighted by Crippen LogP contribution is -2.45. The Morgan fingerprint density at radius 1 is 1.22 bits per heavy atom. The van der Waals surface area contributed by atoms with Gasteiger partial charge in [-0.1, -0.05) is 35.3 Å². The maximum absolute atomic E-state index is 13.1. The third kappa shape index (κ3) is 3.21. The predicted molar refractivity (Wildman–Crippen MR) is 107 cm³/mol. The second-order valence-electron chi connectivity index (χ2n) is 6.72. The average Bonchev–Trinajstić information content (AvgIpc) is 3.04. The molecule has 2 unspecified atom stereocenters. The standard InChI is InChI=1S/C20H19Cl2N3O2/c21-12-3-1-11(2-4-12)18(23)20(27)25-8-7-14-15-9-13(22)5-6-16(15)24-19(14)17(25)10-26/h1-6,9,17-18,24,26H,7-8,10,23H2. The SMILES string of the molecule is NC(C(=O)N1CCc2c([nH]c3ccc(Cl)cc23)C1CO)c1ccc(Cl)cc1. The van der Waals surface area contributed by atoms with Crippen LogP contribution in [0.15, 0.2) is 42.5 Å². The van der Waals surface area contributed by atoms with Crippen molar-refractivity contribution in [1.29, 1.82) is 0 Å². The largest absolute Gasteiger partial charge is 0.394 e. The van der Waals surface area contributed by atoms with E-state index in [1.165, 1.54) is 0 Å². The molecular weight excluding hydrogens is 385 g/mol. The second kappa shape index (κ2) is 7.17. The highest BCUT2D eigenvalue weighted by Crippen LogP contribution is 2.36. The first-order chi connectivity index (χ1) is 13.0. The minimum absolute atomic E-state index is 0.188. The van der Waals surface area contributed by atoms with E-state index in [-0.39, 0.29) is 12.5 Å². The van der Waals surface area contributed by atoms with E-state index < -0.39 is 12.1 Å². The van der Waals surface area contributed by atoms with Crippen LogP contribution in [0.1, 0.15) is 28.9 Å². The maximum Gasteiger partial charge on any atom is 0.244 e. The van der Waals surface area contributed by atoms with Crippen molar-refractivity contribution in [3.8, 4) is 0 Å². The Labute approximate surface area is 166 Å². The van der Waals surface area contributed by atoms with E-state index in [1.807, 2.05) is 18.2 Å². The summed E-state index contributed by atoms with van der Waals surface area (Å²) in [7, 11) is 0. The molecule has 0 radical (unpaired) electrons. The summed E-state index contributed by atoms with van der Waals surface area (Å²) in [6.07, 6.45) is 0.672. The highest BCUT2D eigenvalue weighted by Gasteiger charge is 2.35. The number of amides is 1. The van der Waals surface area contributed by atoms with E-state index in [9.17, 15) is 9.90 Å². The lowest BCUT2D eigenvalue weighted by Gasteiger charge is -2.36. The summed E-state index contributed by atoms with van der Waals surface area (Å²) in [6, 6.07) is 11.3. The molecule has 4 N–H and O–H groups in total. The second-order valence-corrected chi connectivity index (χ2v) is 7.59. The summed E-state index contributed by atoms with van der Waals surface area (Å²) < 4.78 is 0. The molecule has 1 amide bonds. The number of aromatic amines is 1. The summed E-state index contributed by atoms with van der Waals surface area (Å²) in [5.74, 6) is -0.223. The van der Waals surface area contributed by atoms with E-state index in [2.05, 4.69) is 4.98 Å². The molecule has 0 aliphatic carbocycles. The number of nitrogens with two attached hydrogens (primary N) is 1. The molecule has 0 fully saturated rings. The minimum Gasteiger partial charge on any atom is -0.394 e. The molecule has 5 nitrogen and oxygen atoms in total. The molecule has 1 aliphatic rings. The van der Waals surface area contributed by atoms with Gasteiger partial charge in [0.2, 0.25) is 5.91 Å². The van der Waals surface area contributed by atoms with Crippen molar-refractivity contribution >= 4 is 40.0 Å². The van der Waals surface area contributed by atoms with E-state index in [1.54, 1.807) is 29.2 Å². The van der Waals surface area contributed by atoms with Crippen LogP contribution < -0.4 is 5.73 Å². The number of nitrogens with one attached hydrogen (secondary N) is 1. The van der Waals surface area contributed by atoms with Gasteiger partial charge in [-0.15, -0.1) is 0 Å². The average molecular weight is 404 g/mol. The van der Waals surface area contributed by atoms with Crippen molar-refractivity contribution in [3.63, 3.8) is 0 Å². The van der Waals surface area contributed by atoms with Gasteiger partial charge in [-0.2, -0.15) is 0 Å². The summed E-state index contributed by atoms with van der Waals surface area (Å²) >= 11 is 12.0. The smallest absolute Gasteiger partial charge is 0.244 e. The first-order valence-corrected chi connectivity index (χ1v) is 9.47. The number of nitrogens with zero attached hydrogens (tertiary/aromatic N) is 1. The lowest BCUT2D eigenvalue weighted by molar-refractivity contribution is -0.136. The fourth-order valence-corrected chi connectivity index (χ4v) is 4.08. The summed E-state index contributed by atoms with van der Waals surface area (Å²) in [5.41, 5.74) is 9.78. The molecule has 0 saturated carbocycles. The van der Waals surface area contributed by atoms with Crippen molar-refractivity contribution < 1.29 is 9.90 Å². The number of benzene rings is 2. The van der Waals surface area contributed by atoms with Crippen LogP contribution in [0.25, 0.3) is 10.9 Å². The van der Waals surface area contributed by atoms with Gasteiger partial charge >= 0.3 is 0 Å². The van der Waals surface area contributed by atoms with Gasteiger partial charge < -0.3 is 20.7 Å². The van der Waals surface area contributed by atoms with E-state index in [0.717, 1.165) is 22.2 Å². The van der Waals surface area contributed by atoms with E-state index >= 15 is 0 Å². The van der Waals surface area contributed by atoms with Gasteiger partial charge in [0.05, 0.1) is 12.6 Å². The van der Waals surface area contributed by atoms with Crippen LogP contribution >= 0.6 is 23.2 Å². The number of carbonyl (C=O) groups is 1. The van der Waals surface area contributed by atoms with Gasteiger partial charge in [-0.05, 0) is 47.9 Å². The van der Waals surface area contributed by atoms with Crippen LogP contribution in [-0.4, -0.2) is 34.0 Å². The van der Waals surface area contributed by atoms with E-state index in [4.69, 9.17) is 28.9 Å². The number of rotatable bonds is 3. The highest BCUT2D eigenvalue weighted by molar-refractivity contribution is 6.31. The Balaban J connectivity index is 1.67. The Bertz CT molecular complexity index is 1000. The summed E-state index contributed by atoms with van der Waals surface area (Å²) in [6.45, 7) is 0.296. The van der Waals surface area contributed by atoms with Gasteiger partial charge in [0.1, 0.15) is 6.04 Å². The Hall–Kier alpha value is -2.05. The van der Waals surface area contributed by atoms with Gasteiger partial charge in [-0.3, -0.25) is 4.79 Å². The fourth-order valence-electron chi connectivity index (χ4n) is 3.78. The normalized spacial score (nSPS) is 17.8. The van der Waals surface area contributed by atoms with Crippen LogP contribution in [0, 0.1) is 0 Å². The third-order valence-corrected chi connectivity index (χ3v) is 5.65. The van der Waals surface area contributed by atoms with Crippen LogP contribution in [0.2, 0.25) is 10.0 Å². The molecule has 4 rings (SSSR count). The number of halogens is 2. The zero-order valence-corrected chi connectivity index (χ0v) is 16.0. The van der Waals surface area contributed by atoms with Crippen LogP contribution in [0.5, 0.6) is 0 Å². The first kappa shape index (κ1) is 18.3. The number of aliphatic hydroxyl groups excluding tert-OH is 1. The van der Waals surface area contributed by atoms with Crippen molar-refractivity contribution in [1.82, 2.24) is 9.88 Å². The van der Waals surface area contributed by atoms with Gasteiger partial charge in [0.15, 0.2) is 0 Å². The molecule has 2 heterocycles. The zero-order chi connectivity index (χ0) is 19.1. The molecule has 7 heteroatoms. The van der Waals surface area contributed by atoms with Crippen molar-refractivity contribution in [2.75, 3.05) is 13.2 Å². The highest BCUT2D eigenvalue weighted by atomic mass is 35.5. The van der Waals surface area contributed by atoms with E-state index in [0.29, 0.717) is 28.6 Å². The monoisotopic (exact) mass is 403 g/mol. The Kier molecular flexibility index (Phi) is 4.86. The molecule has 3 aromatic rings. The third-order valence-electron chi connectivity index (χ3n) is 5.16. The molecule has 140 valence electrons. The predicted octanol–water partition coefficient (Wildman–Crippen LogP) is 3.59. The Morgan fingerprint density at radius 2 is 1.93 bits per heavy atom. The molecule has 1 aromatic heterocycles. The van der Waals surface area contributed by atoms with Gasteiger partial charge in [0.25, 0.3) is 0 Å². The molecule has 1 aliphatic heterocycles. The molecular formula is C20H19Cl2N3O2. The first-order valence-electron chi connectivity index (χ1n) is 8.72. The van der Waals surface area contributed by atoms with Crippen LogP contribution in [0.3, 0.4) is 0 Å². The number of hydrogen-bond acceptors (Lipinski definition) is 3. The van der Waals surface area contributed by atoms with Crippen LogP contribution in [0.4, 0.5) is 0 Å². The molecule has 2 aromatic carbocycles. The quantitative estimate of drug-likeness (QED) is 0.624. The number of carbonyl (C=O) groups excluding carboxylic acids is 1. The number of H-pyrrole nitrogens is 1. The molecule has 27 heavy (non-hydrogen) atoms. The van der Waals surface area contributed by atoms with Crippen LogP contribution in [-0.2, 0) is 11.2 Å². The summed E-state index contributed by atoms with van der Waals surface area (Å²) in [5, 5.41) is 12.3. The van der Waals surface area contributed by atoms with Gasteiger partial charge in [-0.25, -0.2) is 0 Å². The van der Waals surface area contributed by atoms with Crippen molar-refractivity contribution in [2.45, 2.75) is 18.5 Å². The summed E-state index contributed by atoms with van der Waals surface area (Å²) in [4.78, 5) is 18.0. The maximum atomic E-state index is 13.1. The number of aliphatic hydroxyl groups is 1. The molecule has 0 bridgehead atoms. The van der Waals surface area contributed by atoms with Crippen molar-refractivity contribution in [3.05, 3.63) is 69.3 Å². The topological polar surface area (TPSA) is 82.4 Å². The Morgan fingerprint density at radius 3 is 2.63 bits per heavy atom. The molecule has 0 saturated heterocycles. The van der Waals surface area contributed by atoms with Crippen molar-refractivity contribution in [2.24, 2.45) is 5.73 Å². The fraction of sp³-hybridized carbons (Fsp3) is 0.250. The van der Waals surface area contributed by atoms with Gasteiger partial charge in [0, 0.05) is 33.2 Å². The lowest BCUT2D eigenvalue weighted by atomic mass is 9.96. The number of fused-ring (bicyclic) bond motifs is 3. The minimum atomic E-state index is -0.809. The molecule has 2 atom stereocenters. The number of aromatic nitrogens is 1. The molecule has 0 spiro atoms. The zero-order valence-electron chi connectivity index (χ0n) is 14.5. The number of hydrogen-bond donors (Lipinski definition) is 3.